The Morgan fingerprint density at radius 3 is 2.03 bits per heavy atom. The molecule has 3 heteroatoms. The van der Waals surface area contributed by atoms with Gasteiger partial charge in [0.2, 0.25) is 0 Å². The number of aliphatic hydroxyl groups excluding tert-OH is 1. The number of fused-ring (bicyclic) bond motifs is 2. The Bertz CT molecular complexity index is 1400. The minimum atomic E-state index is -0.881. The fraction of sp³-hybridized carbons (Fsp3) is 0.0714. The van der Waals surface area contributed by atoms with E-state index < -0.39 is 6.10 Å². The van der Waals surface area contributed by atoms with Crippen molar-refractivity contribution >= 4 is 21.5 Å². The minimum Gasteiger partial charge on any atom is -0.507 e. The number of ether oxygens (including phenoxy) is 1. The summed E-state index contributed by atoms with van der Waals surface area (Å²) in [4.78, 5) is 0. The van der Waals surface area contributed by atoms with Crippen molar-refractivity contribution < 1.29 is 14.9 Å². The number of aromatic hydroxyl groups is 1. The number of methoxy groups -OCH3 is 1. The predicted octanol–water partition coefficient (Wildman–Crippen LogP) is 6.46. The number of hydrogen-bond acceptors (Lipinski definition) is 3. The third-order valence-electron chi connectivity index (χ3n) is 5.82. The van der Waals surface area contributed by atoms with Gasteiger partial charge in [-0.25, -0.2) is 0 Å². The molecule has 5 aromatic rings. The molecule has 152 valence electrons. The lowest BCUT2D eigenvalue weighted by Gasteiger charge is -2.21. The van der Waals surface area contributed by atoms with Gasteiger partial charge in [0, 0.05) is 5.56 Å². The molecule has 0 aromatic heterocycles. The molecule has 0 aliphatic rings. The summed E-state index contributed by atoms with van der Waals surface area (Å²) in [6.07, 6.45) is -0.881. The lowest BCUT2D eigenvalue weighted by atomic mass is 9.86. The Hall–Kier alpha value is -3.82. The molecule has 5 rings (SSSR count). The van der Waals surface area contributed by atoms with Crippen LogP contribution in [0.15, 0.2) is 97.1 Å². The van der Waals surface area contributed by atoms with E-state index in [9.17, 15) is 10.2 Å². The van der Waals surface area contributed by atoms with Gasteiger partial charge in [-0.1, -0.05) is 78.9 Å². The first-order valence-corrected chi connectivity index (χ1v) is 10.2. The number of aliphatic hydroxyl groups is 1. The summed E-state index contributed by atoms with van der Waals surface area (Å²) in [7, 11) is 1.61. The van der Waals surface area contributed by atoms with Crippen LogP contribution in [0.25, 0.3) is 32.7 Å². The van der Waals surface area contributed by atoms with Crippen molar-refractivity contribution in [3.05, 3.63) is 108 Å². The predicted molar refractivity (Wildman–Crippen MR) is 126 cm³/mol. The molecule has 0 saturated carbocycles. The number of rotatable bonds is 4. The average Bonchev–Trinajstić information content (AvgIpc) is 2.83. The molecule has 0 heterocycles. The van der Waals surface area contributed by atoms with Crippen molar-refractivity contribution in [1.29, 1.82) is 0 Å². The third kappa shape index (κ3) is 3.29. The first-order valence-electron chi connectivity index (χ1n) is 10.2. The summed E-state index contributed by atoms with van der Waals surface area (Å²) in [5.74, 6) is 0.876. The summed E-state index contributed by atoms with van der Waals surface area (Å²) in [6, 6.07) is 31.1. The molecule has 0 unspecified atom stereocenters. The van der Waals surface area contributed by atoms with E-state index in [0.717, 1.165) is 43.8 Å². The highest BCUT2D eigenvalue weighted by atomic mass is 16.5. The minimum absolute atomic E-state index is 0.189. The number of phenols is 1. The molecule has 31 heavy (non-hydrogen) atoms. The van der Waals surface area contributed by atoms with E-state index >= 15 is 0 Å². The van der Waals surface area contributed by atoms with Crippen LogP contribution in [0.1, 0.15) is 17.2 Å². The van der Waals surface area contributed by atoms with Gasteiger partial charge in [-0.3, -0.25) is 0 Å². The molecule has 0 fully saturated rings. The van der Waals surface area contributed by atoms with E-state index in [0.29, 0.717) is 5.75 Å². The molecule has 3 nitrogen and oxygen atoms in total. The smallest absolute Gasteiger partial charge is 0.124 e. The highest BCUT2D eigenvalue weighted by Gasteiger charge is 2.22. The van der Waals surface area contributed by atoms with Crippen LogP contribution >= 0.6 is 0 Å². The van der Waals surface area contributed by atoms with E-state index in [2.05, 4.69) is 0 Å². The molecule has 5 aromatic carbocycles. The fourth-order valence-corrected chi connectivity index (χ4v) is 4.31. The molecule has 0 radical (unpaired) electrons. The van der Waals surface area contributed by atoms with Crippen LogP contribution in [0.2, 0.25) is 0 Å². The molecule has 0 aliphatic heterocycles. The van der Waals surface area contributed by atoms with E-state index in [1.165, 1.54) is 0 Å². The van der Waals surface area contributed by atoms with Crippen LogP contribution < -0.4 is 4.74 Å². The summed E-state index contributed by atoms with van der Waals surface area (Å²) in [5.41, 5.74) is 3.03. The first kappa shape index (κ1) is 19.2. The van der Waals surface area contributed by atoms with Gasteiger partial charge >= 0.3 is 0 Å². The van der Waals surface area contributed by atoms with Gasteiger partial charge in [-0.15, -0.1) is 0 Å². The van der Waals surface area contributed by atoms with E-state index in [1.54, 1.807) is 13.2 Å². The van der Waals surface area contributed by atoms with Gasteiger partial charge in [0.15, 0.2) is 0 Å². The second kappa shape index (κ2) is 7.78. The number of phenolic OH excluding ortho intramolecular Hbond substituents is 1. The number of hydrogen-bond donors (Lipinski definition) is 2. The lowest BCUT2D eigenvalue weighted by Crippen LogP contribution is -2.03. The fourth-order valence-electron chi connectivity index (χ4n) is 4.31. The second-order valence-corrected chi connectivity index (χ2v) is 7.61. The molecular weight excluding hydrogens is 384 g/mol. The maximum atomic E-state index is 11.4. The van der Waals surface area contributed by atoms with Gasteiger partial charge in [0.25, 0.3) is 0 Å². The highest BCUT2D eigenvalue weighted by molar-refractivity contribution is 6.08. The highest BCUT2D eigenvalue weighted by Crippen LogP contribution is 2.44. The molecule has 0 aliphatic carbocycles. The lowest BCUT2D eigenvalue weighted by molar-refractivity contribution is 0.220. The Labute approximate surface area is 180 Å². The summed E-state index contributed by atoms with van der Waals surface area (Å²) < 4.78 is 5.35. The average molecular weight is 406 g/mol. The van der Waals surface area contributed by atoms with Crippen molar-refractivity contribution in [2.24, 2.45) is 0 Å². The van der Waals surface area contributed by atoms with Gasteiger partial charge < -0.3 is 14.9 Å². The summed E-state index contributed by atoms with van der Waals surface area (Å²) in [6.45, 7) is 0. The van der Waals surface area contributed by atoms with E-state index in [1.807, 2.05) is 91.0 Å². The van der Waals surface area contributed by atoms with Gasteiger partial charge in [-0.05, 0) is 56.4 Å². The molecular formula is C28H22O3. The standard InChI is InChI=1S/C28H22O3/c1-31-21-10-6-9-20(17-21)28(30)24-15-13-18-7-2-4-11-22(18)26(24)27-23-12-5-3-8-19(23)14-16-25(27)29/h2-17,28-30H,1H3/t28-/m1/s1. The van der Waals surface area contributed by atoms with Gasteiger partial charge in [-0.2, -0.15) is 0 Å². The van der Waals surface area contributed by atoms with Crippen LogP contribution in [-0.2, 0) is 0 Å². The van der Waals surface area contributed by atoms with Crippen molar-refractivity contribution in [2.45, 2.75) is 6.10 Å². The largest absolute Gasteiger partial charge is 0.507 e. The van der Waals surface area contributed by atoms with Crippen molar-refractivity contribution in [2.75, 3.05) is 7.11 Å². The summed E-state index contributed by atoms with van der Waals surface area (Å²) in [5, 5.41) is 26.4. The zero-order valence-electron chi connectivity index (χ0n) is 17.1. The van der Waals surface area contributed by atoms with Crippen molar-refractivity contribution in [3.8, 4) is 22.6 Å². The molecule has 1 atom stereocenters. The van der Waals surface area contributed by atoms with Crippen LogP contribution in [0, 0.1) is 0 Å². The van der Waals surface area contributed by atoms with E-state index in [-0.39, 0.29) is 5.75 Å². The molecule has 2 N–H and O–H groups in total. The van der Waals surface area contributed by atoms with Crippen molar-refractivity contribution in [1.82, 2.24) is 0 Å². The summed E-state index contributed by atoms with van der Waals surface area (Å²) >= 11 is 0. The zero-order valence-corrected chi connectivity index (χ0v) is 17.1. The van der Waals surface area contributed by atoms with Crippen LogP contribution in [0.4, 0.5) is 0 Å². The van der Waals surface area contributed by atoms with Crippen molar-refractivity contribution in [3.63, 3.8) is 0 Å². The normalized spacial score (nSPS) is 12.2. The molecule has 0 amide bonds. The Morgan fingerprint density at radius 2 is 1.32 bits per heavy atom. The SMILES string of the molecule is COc1cccc([C@@H](O)c2ccc3ccccc3c2-c2c(O)ccc3ccccc23)c1. The maximum Gasteiger partial charge on any atom is 0.124 e. The monoisotopic (exact) mass is 406 g/mol. The van der Waals surface area contributed by atoms with E-state index in [4.69, 9.17) is 4.74 Å². The maximum absolute atomic E-state index is 11.4. The zero-order chi connectivity index (χ0) is 21.4. The Kier molecular flexibility index (Phi) is 4.81. The molecule has 0 spiro atoms. The van der Waals surface area contributed by atoms with Gasteiger partial charge in [0.05, 0.1) is 7.11 Å². The second-order valence-electron chi connectivity index (χ2n) is 7.61. The first-order chi connectivity index (χ1) is 15.2. The van der Waals surface area contributed by atoms with Gasteiger partial charge in [0.1, 0.15) is 17.6 Å². The van der Waals surface area contributed by atoms with Crippen LogP contribution in [0.5, 0.6) is 11.5 Å². The van der Waals surface area contributed by atoms with Crippen LogP contribution in [-0.4, -0.2) is 17.3 Å². The molecule has 0 saturated heterocycles. The number of benzene rings is 5. The quantitative estimate of drug-likeness (QED) is 0.360. The van der Waals surface area contributed by atoms with Crippen LogP contribution in [0.3, 0.4) is 0 Å². The Balaban J connectivity index is 1.85. The third-order valence-corrected chi connectivity index (χ3v) is 5.82. The Morgan fingerprint density at radius 1 is 0.677 bits per heavy atom. The molecule has 0 bridgehead atoms. The topological polar surface area (TPSA) is 49.7 Å².